The highest BCUT2D eigenvalue weighted by molar-refractivity contribution is 5.11. The normalized spacial score (nSPS) is 57.0. The van der Waals surface area contributed by atoms with Crippen LogP contribution in [0.25, 0.3) is 0 Å². The number of hydrogen-bond donors (Lipinski definition) is 21. The molecule has 91 heavy (non-hydrogen) atoms. The highest BCUT2D eigenvalue weighted by Crippen LogP contribution is 2.48. The van der Waals surface area contributed by atoms with E-state index in [9.17, 15) is 107 Å². The van der Waals surface area contributed by atoms with Crippen LogP contribution in [0.5, 0.6) is 0 Å². The van der Waals surface area contributed by atoms with Gasteiger partial charge in [-0.25, -0.2) is 0 Å². The van der Waals surface area contributed by atoms with Crippen molar-refractivity contribution in [2.45, 2.75) is 351 Å². The molecule has 0 aromatic rings. The summed E-state index contributed by atoms with van der Waals surface area (Å²) in [6.45, 7) is 14.6. The van der Waals surface area contributed by atoms with Gasteiger partial charge in [0.2, 0.25) is 0 Å². The standard InChI is InChI=1S/C56H98O35/c1-15(57)22-29-36(64)50(8,71)43(78-22)86-30-23(16(2)58)80-45(52(10,73)37(30)65)88-32-25(18(4)60)82-47(54(12,75)39(32)67)90-34-27(20(6)62)84-49(56(14,77)41(34)69)91-35-28(21(7)63)83-48(55(13,76)42(35)70)89-33-26(19(5)61)81-46(53(11,74)40(33)68)87-31-24(17(3)59)79-44(85-29)51(9,72)38(31)66/h15-49,57-77H,1-14H3/t15?,16?,17?,18?,19?,20?,21?,22-,23-,24-,25-,26-,27-,28-,29-,30-,31-,32-,33-,34-,35-,36-,37-,38-,39+,40+,41+,42+,43-,44-,45-,46-,47-,48-,49-,50-,51-,52-,53-,54-,55-,56-/m1/s1. The minimum absolute atomic E-state index is 0.946. The molecule has 532 valence electrons. The third kappa shape index (κ3) is 13.4. The molecule has 14 bridgehead atoms. The van der Waals surface area contributed by atoms with Gasteiger partial charge in [-0.05, 0) is 96.9 Å². The molecule has 21 saturated heterocycles. The molecule has 21 fully saturated rings. The van der Waals surface area contributed by atoms with Gasteiger partial charge in [-0.15, -0.1) is 0 Å². The third-order valence-electron chi connectivity index (χ3n) is 19.2. The Labute approximate surface area is 523 Å². The first-order chi connectivity index (χ1) is 41.6. The first kappa shape index (κ1) is 75.4. The maximum Gasteiger partial charge on any atom is 0.189 e. The number of hydrogen-bond acceptors (Lipinski definition) is 35. The Bertz CT molecular complexity index is 1940. The van der Waals surface area contributed by atoms with Crippen LogP contribution >= 0.6 is 0 Å². The molecular weight excluding hydrogens is 1230 g/mol. The molecule has 21 aliphatic rings. The zero-order chi connectivity index (χ0) is 68.6. The summed E-state index contributed by atoms with van der Waals surface area (Å²) in [5, 5.41) is 248. The Hall–Kier alpha value is -1.40. The fraction of sp³-hybridized carbons (Fsp3) is 1.00. The lowest BCUT2D eigenvalue weighted by Gasteiger charge is -2.56. The van der Waals surface area contributed by atoms with Gasteiger partial charge in [0.1, 0.15) is 167 Å². The number of rotatable bonds is 7. The Balaban J connectivity index is 1.21. The van der Waals surface area contributed by atoms with E-state index in [1.165, 1.54) is 0 Å². The fourth-order valence-electron chi connectivity index (χ4n) is 13.0. The SMILES string of the molecule is CC(O)[C@H]1O[C@@H]2O[C@@H]3[C@@H](C(C)O)O[C@H](O[C@@H]4[C@@H](C(C)O)O[C@H](O[C@@H]5[C@@H](C(C)O)O[C@H](O[C@@H]6[C@@H](C(C)O)O[C@H](O[C@@H]7[C@@H](C(C)O)O[C@H](O[C@@H]8[C@@H](C(C)O)O[C@H](O[C@H]1[C@@H](O)[C@@]2(C)O)[C@](C)(O)[C@@H]8O)[C@](C)(O)[C@H]7O)[C@](C)(O)[C@H]6O)[C@](C)(O)[C@H]5O)[C@](C)(O)[C@H]4O)[C@](C)(O)[C@@H]3O. The Morgan fingerprint density at radius 2 is 0.286 bits per heavy atom. The van der Waals surface area contributed by atoms with Crippen LogP contribution in [0.15, 0.2) is 0 Å². The van der Waals surface area contributed by atoms with Gasteiger partial charge in [0.25, 0.3) is 0 Å². The zero-order valence-corrected chi connectivity index (χ0v) is 52.8. The summed E-state index contributed by atoms with van der Waals surface area (Å²) in [4.78, 5) is 0. The van der Waals surface area contributed by atoms with Gasteiger partial charge in [0.05, 0.1) is 42.7 Å². The highest BCUT2D eigenvalue weighted by atomic mass is 16.8. The number of aliphatic hydroxyl groups excluding tert-OH is 14. The highest BCUT2D eigenvalue weighted by Gasteiger charge is 2.68. The number of aliphatic hydroxyl groups is 21. The molecule has 21 aliphatic heterocycles. The summed E-state index contributed by atoms with van der Waals surface area (Å²) in [5.41, 5.74) is -19.2. The smallest absolute Gasteiger partial charge is 0.189 e. The molecule has 35 heteroatoms. The average molecular weight is 1330 g/mol. The van der Waals surface area contributed by atoms with Crippen LogP contribution < -0.4 is 0 Å². The van der Waals surface area contributed by atoms with E-state index in [4.69, 9.17) is 66.3 Å². The van der Waals surface area contributed by atoms with Crippen molar-refractivity contribution in [1.82, 2.24) is 0 Å². The topological polar surface area (TPSA) is 554 Å². The second-order valence-corrected chi connectivity index (χ2v) is 27.6. The van der Waals surface area contributed by atoms with Gasteiger partial charge in [-0.3, -0.25) is 0 Å². The van der Waals surface area contributed by atoms with Crippen LogP contribution in [-0.2, 0) is 66.3 Å². The summed E-state index contributed by atoms with van der Waals surface area (Å²) in [6.07, 6.45) is -70.3. The van der Waals surface area contributed by atoms with Gasteiger partial charge in [0.15, 0.2) is 44.0 Å². The van der Waals surface area contributed by atoms with Crippen molar-refractivity contribution in [1.29, 1.82) is 0 Å². The van der Waals surface area contributed by atoms with Crippen molar-refractivity contribution in [2.75, 3.05) is 0 Å². The Kier molecular flexibility index (Phi) is 22.1. The summed E-state index contributed by atoms with van der Waals surface area (Å²) in [7, 11) is 0. The lowest BCUT2D eigenvalue weighted by atomic mass is 9.83. The van der Waals surface area contributed by atoms with Gasteiger partial charge in [0, 0.05) is 0 Å². The van der Waals surface area contributed by atoms with Crippen molar-refractivity contribution in [3.05, 3.63) is 0 Å². The predicted octanol–water partition coefficient (Wildman–Crippen LogP) is -9.78. The molecule has 0 aliphatic carbocycles. The minimum Gasteiger partial charge on any atom is -0.391 e. The first-order valence-corrected chi connectivity index (χ1v) is 30.4. The van der Waals surface area contributed by atoms with Crippen LogP contribution in [0.1, 0.15) is 96.9 Å². The molecule has 35 nitrogen and oxygen atoms in total. The molecule has 0 aromatic carbocycles. The van der Waals surface area contributed by atoms with Gasteiger partial charge in [-0.1, -0.05) is 0 Å². The molecular formula is C56H98O35. The van der Waals surface area contributed by atoms with Crippen molar-refractivity contribution in [3.63, 3.8) is 0 Å². The predicted molar refractivity (Wildman–Crippen MR) is 293 cm³/mol. The van der Waals surface area contributed by atoms with E-state index in [-0.39, 0.29) is 0 Å². The molecule has 0 amide bonds. The molecule has 0 saturated carbocycles. The van der Waals surface area contributed by atoms with Crippen LogP contribution in [0, 0.1) is 0 Å². The van der Waals surface area contributed by atoms with Crippen molar-refractivity contribution >= 4 is 0 Å². The fourth-order valence-corrected chi connectivity index (χ4v) is 13.0. The molecule has 7 unspecified atom stereocenters. The molecule has 0 radical (unpaired) electrons. The summed E-state index contributed by atoms with van der Waals surface area (Å²) in [6, 6.07) is 0. The van der Waals surface area contributed by atoms with E-state index < -0.39 is 254 Å². The monoisotopic (exact) mass is 1330 g/mol. The van der Waals surface area contributed by atoms with Crippen molar-refractivity contribution in [2.24, 2.45) is 0 Å². The molecule has 0 spiro atoms. The quantitative estimate of drug-likeness (QED) is 0.113. The second-order valence-electron chi connectivity index (χ2n) is 27.6. The largest absolute Gasteiger partial charge is 0.391 e. The van der Waals surface area contributed by atoms with E-state index in [0.717, 1.165) is 96.9 Å². The minimum atomic E-state index is -2.74. The maximum absolute atomic E-state index is 12.2. The first-order valence-electron chi connectivity index (χ1n) is 30.4. The van der Waals surface area contributed by atoms with E-state index in [1.807, 2.05) is 0 Å². The van der Waals surface area contributed by atoms with Crippen molar-refractivity contribution < 1.29 is 174 Å². The lowest BCUT2D eigenvalue weighted by molar-refractivity contribution is -0.431. The zero-order valence-electron chi connectivity index (χ0n) is 52.8. The van der Waals surface area contributed by atoms with Gasteiger partial charge >= 0.3 is 0 Å². The van der Waals surface area contributed by atoms with E-state index >= 15 is 0 Å². The van der Waals surface area contributed by atoms with Gasteiger partial charge < -0.3 is 174 Å². The van der Waals surface area contributed by atoms with E-state index in [0.29, 0.717) is 0 Å². The van der Waals surface area contributed by atoms with Crippen LogP contribution in [0.4, 0.5) is 0 Å². The third-order valence-corrected chi connectivity index (χ3v) is 19.2. The van der Waals surface area contributed by atoms with Crippen LogP contribution in [0.2, 0.25) is 0 Å². The molecule has 21 rings (SSSR count). The maximum atomic E-state index is 12.2. The molecule has 42 atom stereocenters. The van der Waals surface area contributed by atoms with Crippen LogP contribution in [-0.4, -0.2) is 361 Å². The molecule has 0 aromatic heterocycles. The second kappa shape index (κ2) is 26.7. The summed E-state index contributed by atoms with van der Waals surface area (Å²) < 4.78 is 85.0. The average Bonchev–Trinajstić information content (AvgIpc) is 0.764. The van der Waals surface area contributed by atoms with Crippen LogP contribution in [0.3, 0.4) is 0 Å². The molecule has 21 N–H and O–H groups in total. The van der Waals surface area contributed by atoms with Gasteiger partial charge in [-0.2, -0.15) is 0 Å². The lowest BCUT2D eigenvalue weighted by Crippen LogP contribution is -2.75. The van der Waals surface area contributed by atoms with E-state index in [1.54, 1.807) is 0 Å². The van der Waals surface area contributed by atoms with E-state index in [2.05, 4.69) is 0 Å². The molecule has 21 heterocycles. The summed E-state index contributed by atoms with van der Waals surface area (Å²) >= 11 is 0. The number of ether oxygens (including phenoxy) is 14. The Morgan fingerprint density at radius 1 is 0.198 bits per heavy atom. The Morgan fingerprint density at radius 3 is 0.363 bits per heavy atom. The van der Waals surface area contributed by atoms with Crippen molar-refractivity contribution in [3.8, 4) is 0 Å². The summed E-state index contributed by atoms with van der Waals surface area (Å²) in [5.74, 6) is 0.